The molecule has 0 bridgehead atoms. The lowest BCUT2D eigenvalue weighted by atomic mass is 10.1. The molecule has 1 amide bonds. The van der Waals surface area contributed by atoms with Gasteiger partial charge in [-0.1, -0.05) is 15.9 Å². The first-order valence-electron chi connectivity index (χ1n) is 4.69. The van der Waals surface area contributed by atoms with Gasteiger partial charge in [0.25, 0.3) is 5.91 Å². The first-order valence-corrected chi connectivity index (χ1v) is 6.89. The highest BCUT2D eigenvalue weighted by Crippen LogP contribution is 2.15. The number of halogens is 3. The van der Waals surface area contributed by atoms with E-state index in [4.69, 9.17) is 0 Å². The molecule has 0 saturated heterocycles. The first kappa shape index (κ1) is 13.9. The van der Waals surface area contributed by atoms with Gasteiger partial charge in [-0.25, -0.2) is 4.39 Å². The lowest BCUT2D eigenvalue weighted by Crippen LogP contribution is -2.45. The van der Waals surface area contributed by atoms with Crippen molar-refractivity contribution in [3.8, 4) is 0 Å². The average molecular weight is 400 g/mol. The van der Waals surface area contributed by atoms with Crippen molar-refractivity contribution in [2.75, 3.05) is 5.33 Å². The highest BCUT2D eigenvalue weighted by molar-refractivity contribution is 14.1. The van der Waals surface area contributed by atoms with Gasteiger partial charge >= 0.3 is 0 Å². The Kier molecular flexibility index (Phi) is 4.73. The lowest BCUT2D eigenvalue weighted by Gasteiger charge is -2.23. The summed E-state index contributed by atoms with van der Waals surface area (Å²) in [6.07, 6.45) is 0. The predicted octanol–water partition coefficient (Wildman–Crippen LogP) is 3.33. The third-order valence-electron chi connectivity index (χ3n) is 1.96. The molecule has 1 aromatic rings. The van der Waals surface area contributed by atoms with Crippen LogP contribution in [0, 0.1) is 9.39 Å². The summed E-state index contributed by atoms with van der Waals surface area (Å²) in [5.41, 5.74) is 0.171. The zero-order chi connectivity index (χ0) is 12.3. The standard InChI is InChI=1S/C11H12BrFINO/c1-11(2,6-12)15-10(16)8-4-3-7(13)5-9(8)14/h3-5H,6H2,1-2H3,(H,15,16). The Bertz CT molecular complexity index is 409. The number of carbonyl (C=O) groups is 1. The molecule has 0 saturated carbocycles. The second-order valence-electron chi connectivity index (χ2n) is 4.10. The fourth-order valence-electron chi connectivity index (χ4n) is 1.08. The summed E-state index contributed by atoms with van der Waals surface area (Å²) in [4.78, 5) is 11.9. The molecule has 0 atom stereocenters. The van der Waals surface area contributed by atoms with Crippen molar-refractivity contribution in [2.24, 2.45) is 0 Å². The van der Waals surface area contributed by atoms with Crippen LogP contribution in [-0.4, -0.2) is 16.8 Å². The number of carbonyl (C=O) groups excluding carboxylic acids is 1. The van der Waals surface area contributed by atoms with Crippen LogP contribution in [0.5, 0.6) is 0 Å². The van der Waals surface area contributed by atoms with Crippen molar-refractivity contribution in [2.45, 2.75) is 19.4 Å². The SMILES string of the molecule is CC(C)(CBr)NC(=O)c1ccc(F)cc1I. The van der Waals surface area contributed by atoms with Gasteiger partial charge in [0.05, 0.1) is 5.56 Å². The van der Waals surface area contributed by atoms with Crippen LogP contribution >= 0.6 is 38.5 Å². The smallest absolute Gasteiger partial charge is 0.252 e. The van der Waals surface area contributed by atoms with Crippen molar-refractivity contribution < 1.29 is 9.18 Å². The molecule has 1 N–H and O–H groups in total. The minimum Gasteiger partial charge on any atom is -0.346 e. The van der Waals surface area contributed by atoms with Crippen LogP contribution < -0.4 is 5.32 Å². The van der Waals surface area contributed by atoms with E-state index in [2.05, 4.69) is 21.2 Å². The highest BCUT2D eigenvalue weighted by atomic mass is 127. The predicted molar refractivity (Wildman–Crippen MR) is 74.5 cm³/mol. The maximum atomic E-state index is 12.9. The first-order chi connectivity index (χ1) is 7.35. The van der Waals surface area contributed by atoms with Gasteiger partial charge in [0.2, 0.25) is 0 Å². The Labute approximate surface area is 116 Å². The number of alkyl halides is 1. The van der Waals surface area contributed by atoms with Crippen molar-refractivity contribution in [1.82, 2.24) is 5.32 Å². The lowest BCUT2D eigenvalue weighted by molar-refractivity contribution is 0.0920. The molecule has 1 aromatic carbocycles. The molecule has 0 aliphatic carbocycles. The van der Waals surface area contributed by atoms with E-state index in [1.165, 1.54) is 18.2 Å². The Morgan fingerprint density at radius 1 is 1.56 bits per heavy atom. The zero-order valence-electron chi connectivity index (χ0n) is 8.98. The third kappa shape index (κ3) is 3.69. The maximum Gasteiger partial charge on any atom is 0.252 e. The van der Waals surface area contributed by atoms with Gasteiger partial charge in [0.15, 0.2) is 0 Å². The second-order valence-corrected chi connectivity index (χ2v) is 5.82. The van der Waals surface area contributed by atoms with Crippen molar-refractivity contribution >= 4 is 44.4 Å². The summed E-state index contributed by atoms with van der Waals surface area (Å²) in [5, 5.41) is 3.53. The van der Waals surface area contributed by atoms with Gasteiger partial charge in [-0.15, -0.1) is 0 Å². The second kappa shape index (κ2) is 5.44. The van der Waals surface area contributed by atoms with E-state index >= 15 is 0 Å². The molecule has 0 heterocycles. The Hall–Kier alpha value is -0.170. The van der Waals surface area contributed by atoms with E-state index in [0.717, 1.165) is 0 Å². The molecule has 2 nitrogen and oxygen atoms in total. The van der Waals surface area contributed by atoms with Gasteiger partial charge in [-0.3, -0.25) is 4.79 Å². The van der Waals surface area contributed by atoms with Gasteiger partial charge in [0.1, 0.15) is 5.82 Å². The summed E-state index contributed by atoms with van der Waals surface area (Å²) >= 11 is 5.28. The van der Waals surface area contributed by atoms with Gasteiger partial charge in [-0.05, 0) is 54.6 Å². The van der Waals surface area contributed by atoms with Crippen LogP contribution in [0.1, 0.15) is 24.2 Å². The van der Waals surface area contributed by atoms with Crippen LogP contribution in [0.15, 0.2) is 18.2 Å². The molecule has 0 radical (unpaired) electrons. The number of amides is 1. The Balaban J connectivity index is 2.89. The topological polar surface area (TPSA) is 29.1 Å². The van der Waals surface area contributed by atoms with Crippen molar-refractivity contribution in [1.29, 1.82) is 0 Å². The van der Waals surface area contributed by atoms with Crippen LogP contribution in [0.2, 0.25) is 0 Å². The van der Waals surface area contributed by atoms with E-state index in [0.29, 0.717) is 14.5 Å². The van der Waals surface area contributed by atoms with E-state index in [-0.39, 0.29) is 17.3 Å². The Morgan fingerprint density at radius 3 is 2.69 bits per heavy atom. The van der Waals surface area contributed by atoms with E-state index < -0.39 is 0 Å². The van der Waals surface area contributed by atoms with Gasteiger partial charge in [-0.2, -0.15) is 0 Å². The molecule has 0 aliphatic rings. The molecule has 0 spiro atoms. The van der Waals surface area contributed by atoms with Crippen LogP contribution in [0.3, 0.4) is 0 Å². The summed E-state index contributed by atoms with van der Waals surface area (Å²) in [6.45, 7) is 3.83. The number of nitrogens with one attached hydrogen (secondary N) is 1. The minimum absolute atomic E-state index is 0.186. The Morgan fingerprint density at radius 2 is 2.19 bits per heavy atom. The number of benzene rings is 1. The molecule has 88 valence electrons. The molecular formula is C11H12BrFINO. The van der Waals surface area contributed by atoms with Crippen LogP contribution in [-0.2, 0) is 0 Å². The highest BCUT2D eigenvalue weighted by Gasteiger charge is 2.20. The minimum atomic E-state index is -0.333. The summed E-state index contributed by atoms with van der Waals surface area (Å²) in [6, 6.07) is 4.13. The van der Waals surface area contributed by atoms with Gasteiger partial charge in [0, 0.05) is 14.4 Å². The molecule has 0 fully saturated rings. The quantitative estimate of drug-likeness (QED) is 0.613. The molecule has 1 rings (SSSR count). The maximum absolute atomic E-state index is 12.9. The van der Waals surface area contributed by atoms with Crippen molar-refractivity contribution in [3.05, 3.63) is 33.1 Å². The largest absolute Gasteiger partial charge is 0.346 e. The molecule has 0 aliphatic heterocycles. The van der Waals surface area contributed by atoms with Gasteiger partial charge < -0.3 is 5.32 Å². The average Bonchev–Trinajstić information content (AvgIpc) is 2.16. The van der Waals surface area contributed by atoms with E-state index in [1.54, 1.807) is 0 Å². The zero-order valence-corrected chi connectivity index (χ0v) is 12.7. The van der Waals surface area contributed by atoms with E-state index in [1.807, 2.05) is 36.4 Å². The number of rotatable bonds is 3. The molecular weight excluding hydrogens is 388 g/mol. The fourth-order valence-corrected chi connectivity index (χ4v) is 1.94. The molecule has 5 heteroatoms. The van der Waals surface area contributed by atoms with Crippen LogP contribution in [0.25, 0.3) is 0 Å². The molecule has 0 unspecified atom stereocenters. The third-order valence-corrected chi connectivity index (χ3v) is 4.26. The number of hydrogen-bond donors (Lipinski definition) is 1. The molecule has 0 aromatic heterocycles. The number of hydrogen-bond acceptors (Lipinski definition) is 1. The molecule has 16 heavy (non-hydrogen) atoms. The summed E-state index contributed by atoms with van der Waals surface area (Å²) < 4.78 is 13.5. The van der Waals surface area contributed by atoms with Crippen molar-refractivity contribution in [3.63, 3.8) is 0 Å². The summed E-state index contributed by atoms with van der Waals surface area (Å²) in [5.74, 6) is -0.519. The normalized spacial score (nSPS) is 11.3. The summed E-state index contributed by atoms with van der Waals surface area (Å²) in [7, 11) is 0. The monoisotopic (exact) mass is 399 g/mol. The van der Waals surface area contributed by atoms with Crippen LogP contribution in [0.4, 0.5) is 4.39 Å². The fraction of sp³-hybridized carbons (Fsp3) is 0.364. The van der Waals surface area contributed by atoms with E-state index in [9.17, 15) is 9.18 Å².